The molecular formula is C24H17FN4O. The van der Waals surface area contributed by atoms with E-state index in [1.165, 1.54) is 10.6 Å². The smallest absolute Gasteiger partial charge is 0.265 e. The summed E-state index contributed by atoms with van der Waals surface area (Å²) in [6.45, 7) is 0.281. The summed E-state index contributed by atoms with van der Waals surface area (Å²) in [5.74, 6) is -0.180. The zero-order valence-electron chi connectivity index (χ0n) is 15.9. The van der Waals surface area contributed by atoms with Crippen LogP contribution in [0.2, 0.25) is 0 Å². The van der Waals surface area contributed by atoms with Gasteiger partial charge in [-0.3, -0.25) is 9.36 Å². The molecule has 0 spiro atoms. The molecule has 0 aliphatic rings. The molecule has 0 saturated heterocycles. The zero-order valence-corrected chi connectivity index (χ0v) is 15.9. The van der Waals surface area contributed by atoms with E-state index in [1.54, 1.807) is 29.1 Å². The fraction of sp³-hybridized carbons (Fsp3) is 0.0417. The van der Waals surface area contributed by atoms with Crippen molar-refractivity contribution >= 4 is 11.0 Å². The predicted molar refractivity (Wildman–Crippen MR) is 114 cm³/mol. The third-order valence-electron chi connectivity index (χ3n) is 4.96. The van der Waals surface area contributed by atoms with Crippen molar-refractivity contribution in [2.75, 3.05) is 0 Å². The van der Waals surface area contributed by atoms with Crippen LogP contribution in [-0.2, 0) is 6.54 Å². The molecule has 5 aromatic rings. The second-order valence-electron chi connectivity index (χ2n) is 6.94. The number of rotatable bonds is 4. The molecule has 0 N–H and O–H groups in total. The molecule has 5 rings (SSSR count). The van der Waals surface area contributed by atoms with Crippen LogP contribution in [0.3, 0.4) is 0 Å². The summed E-state index contributed by atoms with van der Waals surface area (Å²) >= 11 is 0. The summed E-state index contributed by atoms with van der Waals surface area (Å²) in [5.41, 5.74) is 2.03. The molecule has 146 valence electrons. The molecule has 0 fully saturated rings. The van der Waals surface area contributed by atoms with Crippen LogP contribution in [0.25, 0.3) is 28.1 Å². The van der Waals surface area contributed by atoms with E-state index in [-0.39, 0.29) is 29.1 Å². The summed E-state index contributed by atoms with van der Waals surface area (Å²) < 4.78 is 17.7. The fourth-order valence-corrected chi connectivity index (χ4v) is 3.47. The number of fused-ring (bicyclic) bond motifs is 1. The van der Waals surface area contributed by atoms with Gasteiger partial charge in [0.05, 0.1) is 17.8 Å². The van der Waals surface area contributed by atoms with Crippen LogP contribution < -0.4 is 5.56 Å². The average molecular weight is 396 g/mol. The van der Waals surface area contributed by atoms with Gasteiger partial charge in [-0.15, -0.1) is 5.10 Å². The zero-order chi connectivity index (χ0) is 20.5. The molecule has 0 aliphatic heterocycles. The molecule has 6 heteroatoms. The van der Waals surface area contributed by atoms with Gasteiger partial charge in [0, 0.05) is 6.20 Å². The lowest BCUT2D eigenvalue weighted by atomic mass is 10.1. The van der Waals surface area contributed by atoms with E-state index >= 15 is 0 Å². The topological polar surface area (TPSA) is 52.7 Å². The van der Waals surface area contributed by atoms with Crippen molar-refractivity contribution in [3.63, 3.8) is 0 Å². The van der Waals surface area contributed by atoms with Crippen LogP contribution in [0, 0.1) is 5.82 Å². The molecule has 0 amide bonds. The Hall–Kier alpha value is -4.06. The lowest BCUT2D eigenvalue weighted by Gasteiger charge is -2.13. The molecule has 2 aromatic heterocycles. The molecule has 2 heterocycles. The minimum Gasteiger partial charge on any atom is -0.287 e. The Morgan fingerprint density at radius 3 is 2.23 bits per heavy atom. The minimum absolute atomic E-state index is 0.257. The van der Waals surface area contributed by atoms with Gasteiger partial charge in [-0.05, 0) is 29.8 Å². The first-order chi connectivity index (χ1) is 14.7. The lowest BCUT2D eigenvalue weighted by Crippen LogP contribution is -2.24. The van der Waals surface area contributed by atoms with Crippen molar-refractivity contribution in [1.82, 2.24) is 19.3 Å². The SMILES string of the molecule is O=c1c2cn(-c3ccccc3)nc2nc(-c2ccccc2F)n1Cc1ccccc1. The Morgan fingerprint density at radius 2 is 1.50 bits per heavy atom. The average Bonchev–Trinajstić information content (AvgIpc) is 3.22. The normalized spacial score (nSPS) is 11.1. The van der Waals surface area contributed by atoms with Gasteiger partial charge in [0.15, 0.2) is 5.65 Å². The van der Waals surface area contributed by atoms with Crippen LogP contribution in [0.15, 0.2) is 95.9 Å². The highest BCUT2D eigenvalue weighted by Gasteiger charge is 2.18. The lowest BCUT2D eigenvalue weighted by molar-refractivity contribution is 0.626. The second kappa shape index (κ2) is 7.40. The monoisotopic (exact) mass is 396 g/mol. The van der Waals surface area contributed by atoms with E-state index in [2.05, 4.69) is 10.1 Å². The number of halogens is 1. The first kappa shape index (κ1) is 18.0. The van der Waals surface area contributed by atoms with Gasteiger partial charge in [-0.1, -0.05) is 60.7 Å². The third-order valence-corrected chi connectivity index (χ3v) is 4.96. The standard InChI is InChI=1S/C24H17FN4O/c25-21-14-8-7-13-19(21)23-26-22-20(16-29(27-22)18-11-5-2-6-12-18)24(30)28(23)15-17-9-3-1-4-10-17/h1-14,16H,15H2. The van der Waals surface area contributed by atoms with E-state index < -0.39 is 5.82 Å². The number of hydrogen-bond acceptors (Lipinski definition) is 3. The van der Waals surface area contributed by atoms with Crippen LogP contribution in [0.1, 0.15) is 5.56 Å². The molecule has 0 saturated carbocycles. The highest BCUT2D eigenvalue weighted by Crippen LogP contribution is 2.23. The van der Waals surface area contributed by atoms with E-state index in [1.807, 2.05) is 60.7 Å². The molecular weight excluding hydrogens is 379 g/mol. The summed E-state index contributed by atoms with van der Waals surface area (Å²) in [6.07, 6.45) is 1.67. The van der Waals surface area contributed by atoms with Crippen molar-refractivity contribution in [2.45, 2.75) is 6.54 Å². The van der Waals surface area contributed by atoms with E-state index in [0.717, 1.165) is 11.3 Å². The van der Waals surface area contributed by atoms with Crippen LogP contribution in [0.4, 0.5) is 4.39 Å². The molecule has 30 heavy (non-hydrogen) atoms. The third kappa shape index (κ3) is 3.18. The predicted octanol–water partition coefficient (Wildman–Crippen LogP) is 4.44. The van der Waals surface area contributed by atoms with E-state index in [4.69, 9.17) is 0 Å². The molecule has 3 aromatic carbocycles. The van der Waals surface area contributed by atoms with E-state index in [9.17, 15) is 9.18 Å². The fourth-order valence-electron chi connectivity index (χ4n) is 3.47. The van der Waals surface area contributed by atoms with Crippen molar-refractivity contribution in [3.05, 3.63) is 113 Å². The van der Waals surface area contributed by atoms with Gasteiger partial charge < -0.3 is 0 Å². The Morgan fingerprint density at radius 1 is 0.833 bits per heavy atom. The van der Waals surface area contributed by atoms with Crippen molar-refractivity contribution < 1.29 is 4.39 Å². The van der Waals surface area contributed by atoms with Gasteiger partial charge in [0.25, 0.3) is 5.56 Å². The van der Waals surface area contributed by atoms with Crippen molar-refractivity contribution in [2.24, 2.45) is 0 Å². The quantitative estimate of drug-likeness (QED) is 0.451. The van der Waals surface area contributed by atoms with E-state index in [0.29, 0.717) is 5.39 Å². The van der Waals surface area contributed by atoms with Gasteiger partial charge in [0.1, 0.15) is 17.0 Å². The minimum atomic E-state index is -0.437. The Bertz CT molecular complexity index is 1390. The highest BCUT2D eigenvalue weighted by atomic mass is 19.1. The number of hydrogen-bond donors (Lipinski definition) is 0. The molecule has 0 unspecified atom stereocenters. The maximum Gasteiger partial charge on any atom is 0.265 e. The summed E-state index contributed by atoms with van der Waals surface area (Å²) in [5, 5.41) is 4.86. The van der Waals surface area contributed by atoms with Gasteiger partial charge in [-0.2, -0.15) is 0 Å². The van der Waals surface area contributed by atoms with Crippen molar-refractivity contribution in [1.29, 1.82) is 0 Å². The summed E-state index contributed by atoms with van der Waals surface area (Å²) in [7, 11) is 0. The van der Waals surface area contributed by atoms with Crippen LogP contribution >= 0.6 is 0 Å². The highest BCUT2D eigenvalue weighted by molar-refractivity contribution is 5.76. The first-order valence-electron chi connectivity index (χ1n) is 9.55. The molecule has 0 aliphatic carbocycles. The molecule has 0 atom stereocenters. The summed E-state index contributed by atoms with van der Waals surface area (Å²) in [4.78, 5) is 18.0. The van der Waals surface area contributed by atoms with Gasteiger partial charge in [0.2, 0.25) is 0 Å². The van der Waals surface area contributed by atoms with Crippen molar-refractivity contribution in [3.8, 4) is 17.1 Å². The maximum absolute atomic E-state index is 14.6. The molecule has 0 radical (unpaired) electrons. The van der Waals surface area contributed by atoms with Crippen LogP contribution in [-0.4, -0.2) is 19.3 Å². The number of para-hydroxylation sites is 1. The number of nitrogens with zero attached hydrogens (tertiary/aromatic N) is 4. The Kier molecular flexibility index (Phi) is 4.44. The second-order valence-corrected chi connectivity index (χ2v) is 6.94. The Labute approximate surface area is 171 Å². The number of benzene rings is 3. The summed E-state index contributed by atoms with van der Waals surface area (Å²) in [6, 6.07) is 25.4. The van der Waals surface area contributed by atoms with Gasteiger partial charge in [-0.25, -0.2) is 14.1 Å². The first-order valence-corrected chi connectivity index (χ1v) is 9.55. The molecule has 5 nitrogen and oxygen atoms in total. The number of aromatic nitrogens is 4. The molecule has 0 bridgehead atoms. The van der Waals surface area contributed by atoms with Crippen LogP contribution in [0.5, 0.6) is 0 Å². The largest absolute Gasteiger partial charge is 0.287 e. The van der Waals surface area contributed by atoms with Gasteiger partial charge >= 0.3 is 0 Å². The Balaban J connectivity index is 1.76. The maximum atomic E-state index is 14.6.